The first-order valence-electron chi connectivity index (χ1n) is 9.14. The number of nitrogens with zero attached hydrogens (tertiary/aromatic N) is 2. The highest BCUT2D eigenvalue weighted by Gasteiger charge is 2.32. The minimum absolute atomic E-state index is 0.0689. The molecule has 24 heavy (non-hydrogen) atoms. The van der Waals surface area contributed by atoms with E-state index in [0.29, 0.717) is 6.54 Å². The van der Waals surface area contributed by atoms with Crippen LogP contribution in [0.4, 0.5) is 0 Å². The average molecular weight is 330 g/mol. The molecule has 4 nitrogen and oxygen atoms in total. The van der Waals surface area contributed by atoms with E-state index in [4.69, 9.17) is 0 Å². The standard InChI is InChI=1S/C20H30N2O2/c1-4-22(5-2)20(24)18-13-11-17(12-14-18)19(23)21(3)15-16-9-7-6-8-10-16/h6-10,17-18H,4-5,11-15H2,1-3H3. The maximum atomic E-state index is 12.7. The third-order valence-electron chi connectivity index (χ3n) is 5.14. The quantitative estimate of drug-likeness (QED) is 0.803. The summed E-state index contributed by atoms with van der Waals surface area (Å²) in [5.74, 6) is 0.656. The Bertz CT molecular complexity index is 532. The molecule has 2 rings (SSSR count). The molecule has 0 spiro atoms. The molecule has 0 unspecified atom stereocenters. The number of amides is 2. The van der Waals surface area contributed by atoms with Crippen LogP contribution in [-0.4, -0.2) is 41.8 Å². The van der Waals surface area contributed by atoms with Gasteiger partial charge in [0.1, 0.15) is 0 Å². The van der Waals surface area contributed by atoms with E-state index in [2.05, 4.69) is 0 Å². The molecule has 0 heterocycles. The molecule has 1 aromatic carbocycles. The van der Waals surface area contributed by atoms with Crippen molar-refractivity contribution in [1.29, 1.82) is 0 Å². The number of carbonyl (C=O) groups is 2. The second-order valence-electron chi connectivity index (χ2n) is 6.74. The summed E-state index contributed by atoms with van der Waals surface area (Å²) in [6, 6.07) is 10.1. The van der Waals surface area contributed by atoms with Crippen LogP contribution in [0.2, 0.25) is 0 Å². The molecule has 132 valence electrons. The predicted molar refractivity (Wildman–Crippen MR) is 96.3 cm³/mol. The lowest BCUT2D eigenvalue weighted by Gasteiger charge is -2.32. The molecule has 0 atom stereocenters. The van der Waals surface area contributed by atoms with Crippen molar-refractivity contribution in [1.82, 2.24) is 9.80 Å². The van der Waals surface area contributed by atoms with E-state index in [1.165, 1.54) is 0 Å². The van der Waals surface area contributed by atoms with Crippen molar-refractivity contribution in [2.45, 2.75) is 46.1 Å². The van der Waals surface area contributed by atoms with Crippen molar-refractivity contribution in [3.8, 4) is 0 Å². The first-order valence-corrected chi connectivity index (χ1v) is 9.14. The van der Waals surface area contributed by atoms with E-state index < -0.39 is 0 Å². The zero-order chi connectivity index (χ0) is 17.5. The largest absolute Gasteiger partial charge is 0.343 e. The van der Waals surface area contributed by atoms with Gasteiger partial charge in [0.2, 0.25) is 11.8 Å². The minimum atomic E-state index is 0.0689. The summed E-state index contributed by atoms with van der Waals surface area (Å²) in [4.78, 5) is 28.8. The van der Waals surface area contributed by atoms with Crippen molar-refractivity contribution < 1.29 is 9.59 Å². The van der Waals surface area contributed by atoms with Crippen molar-refractivity contribution >= 4 is 11.8 Å². The number of benzene rings is 1. The molecule has 1 aromatic rings. The topological polar surface area (TPSA) is 40.6 Å². The molecular weight excluding hydrogens is 300 g/mol. The van der Waals surface area contributed by atoms with Crippen molar-refractivity contribution in [2.24, 2.45) is 11.8 Å². The Balaban J connectivity index is 1.85. The van der Waals surface area contributed by atoms with Gasteiger partial charge in [0.15, 0.2) is 0 Å². The molecule has 1 aliphatic carbocycles. The zero-order valence-electron chi connectivity index (χ0n) is 15.2. The van der Waals surface area contributed by atoms with E-state index in [-0.39, 0.29) is 23.7 Å². The van der Waals surface area contributed by atoms with Gasteiger partial charge in [-0.25, -0.2) is 0 Å². The smallest absolute Gasteiger partial charge is 0.225 e. The van der Waals surface area contributed by atoms with Crippen molar-refractivity contribution in [2.75, 3.05) is 20.1 Å². The van der Waals surface area contributed by atoms with Crippen LogP contribution >= 0.6 is 0 Å². The van der Waals surface area contributed by atoms with Crippen LogP contribution in [0.5, 0.6) is 0 Å². The Hall–Kier alpha value is -1.84. The van der Waals surface area contributed by atoms with Gasteiger partial charge < -0.3 is 9.80 Å². The van der Waals surface area contributed by atoms with Gasteiger partial charge in [-0.1, -0.05) is 30.3 Å². The van der Waals surface area contributed by atoms with Gasteiger partial charge >= 0.3 is 0 Å². The summed E-state index contributed by atoms with van der Waals surface area (Å²) in [5.41, 5.74) is 1.15. The highest BCUT2D eigenvalue weighted by molar-refractivity contribution is 5.81. The van der Waals surface area contributed by atoms with Crippen LogP contribution in [0.3, 0.4) is 0 Å². The van der Waals surface area contributed by atoms with E-state index >= 15 is 0 Å². The van der Waals surface area contributed by atoms with Gasteiger partial charge in [-0.2, -0.15) is 0 Å². The SMILES string of the molecule is CCN(CC)C(=O)C1CCC(C(=O)N(C)Cc2ccccc2)CC1. The van der Waals surface area contributed by atoms with E-state index in [9.17, 15) is 9.59 Å². The molecule has 1 fully saturated rings. The fourth-order valence-electron chi connectivity index (χ4n) is 3.63. The maximum Gasteiger partial charge on any atom is 0.225 e. The van der Waals surface area contributed by atoms with Gasteiger partial charge in [0.25, 0.3) is 0 Å². The molecule has 0 radical (unpaired) electrons. The molecule has 1 saturated carbocycles. The summed E-state index contributed by atoms with van der Waals surface area (Å²) < 4.78 is 0. The average Bonchev–Trinajstić information content (AvgIpc) is 2.63. The van der Waals surface area contributed by atoms with E-state index in [1.807, 2.05) is 61.0 Å². The molecule has 2 amide bonds. The fourth-order valence-corrected chi connectivity index (χ4v) is 3.63. The normalized spacial score (nSPS) is 20.5. The summed E-state index contributed by atoms with van der Waals surface area (Å²) >= 11 is 0. The Kier molecular flexibility index (Phi) is 6.83. The van der Waals surface area contributed by atoms with Crippen molar-refractivity contribution in [3.05, 3.63) is 35.9 Å². The highest BCUT2D eigenvalue weighted by atomic mass is 16.2. The van der Waals surface area contributed by atoms with E-state index in [1.54, 1.807) is 0 Å². The number of hydrogen-bond acceptors (Lipinski definition) is 2. The first-order chi connectivity index (χ1) is 11.6. The molecule has 0 saturated heterocycles. The second kappa shape index (κ2) is 8.86. The lowest BCUT2D eigenvalue weighted by molar-refractivity contribution is -0.140. The van der Waals surface area contributed by atoms with Crippen LogP contribution in [0, 0.1) is 11.8 Å². The number of rotatable bonds is 6. The maximum absolute atomic E-state index is 12.7. The monoisotopic (exact) mass is 330 g/mol. The second-order valence-corrected chi connectivity index (χ2v) is 6.74. The highest BCUT2D eigenvalue weighted by Crippen LogP contribution is 2.31. The summed E-state index contributed by atoms with van der Waals surface area (Å²) in [7, 11) is 1.88. The molecule has 0 bridgehead atoms. The summed E-state index contributed by atoms with van der Waals surface area (Å²) in [6.07, 6.45) is 3.33. The summed E-state index contributed by atoms with van der Waals surface area (Å²) in [5, 5.41) is 0. The van der Waals surface area contributed by atoms with Gasteiger partial charge in [0.05, 0.1) is 0 Å². The third kappa shape index (κ3) is 4.59. The summed E-state index contributed by atoms with van der Waals surface area (Å²) in [6.45, 7) is 6.24. The van der Waals surface area contributed by atoms with E-state index in [0.717, 1.165) is 44.3 Å². The Morgan fingerprint density at radius 3 is 1.92 bits per heavy atom. The molecule has 4 heteroatoms. The minimum Gasteiger partial charge on any atom is -0.343 e. The third-order valence-corrected chi connectivity index (χ3v) is 5.14. The molecule has 1 aliphatic rings. The van der Waals surface area contributed by atoms with Gasteiger partial charge in [-0.05, 0) is 45.1 Å². The van der Waals surface area contributed by atoms with Crippen LogP contribution in [-0.2, 0) is 16.1 Å². The molecule has 0 N–H and O–H groups in total. The van der Waals surface area contributed by atoms with Crippen LogP contribution in [0.15, 0.2) is 30.3 Å². The Morgan fingerprint density at radius 1 is 0.917 bits per heavy atom. The van der Waals surface area contributed by atoms with Gasteiger partial charge in [0, 0.05) is 38.5 Å². The van der Waals surface area contributed by atoms with Gasteiger partial charge in [-0.15, -0.1) is 0 Å². The van der Waals surface area contributed by atoms with Crippen LogP contribution in [0.25, 0.3) is 0 Å². The van der Waals surface area contributed by atoms with Crippen LogP contribution < -0.4 is 0 Å². The number of hydrogen-bond donors (Lipinski definition) is 0. The Labute approximate surface area is 145 Å². The zero-order valence-corrected chi connectivity index (χ0v) is 15.2. The lowest BCUT2D eigenvalue weighted by Crippen LogP contribution is -2.40. The lowest BCUT2D eigenvalue weighted by atomic mass is 9.80. The predicted octanol–water partition coefficient (Wildman–Crippen LogP) is 3.32. The van der Waals surface area contributed by atoms with Crippen LogP contribution in [0.1, 0.15) is 45.1 Å². The number of carbonyl (C=O) groups excluding carboxylic acids is 2. The first kappa shape index (κ1) is 18.5. The molecule has 0 aromatic heterocycles. The molecular formula is C20H30N2O2. The Morgan fingerprint density at radius 2 is 1.42 bits per heavy atom. The van der Waals surface area contributed by atoms with Crippen molar-refractivity contribution in [3.63, 3.8) is 0 Å². The van der Waals surface area contributed by atoms with Gasteiger partial charge in [-0.3, -0.25) is 9.59 Å². The molecule has 0 aliphatic heterocycles. The fraction of sp³-hybridized carbons (Fsp3) is 0.600.